The van der Waals surface area contributed by atoms with Crippen molar-refractivity contribution in [3.05, 3.63) is 83.7 Å². The summed E-state index contributed by atoms with van der Waals surface area (Å²) in [6, 6.07) is 6.77. The van der Waals surface area contributed by atoms with Gasteiger partial charge in [-0.3, -0.25) is 15.0 Å². The van der Waals surface area contributed by atoms with E-state index in [-0.39, 0.29) is 36.2 Å². The first-order valence-electron chi connectivity index (χ1n) is 15.0. The molecule has 2 aromatic carbocycles. The number of carbonyl (C=O) groups is 2. The highest BCUT2D eigenvalue weighted by Gasteiger charge is 2.38. The molecule has 266 valence electrons. The predicted octanol–water partition coefficient (Wildman–Crippen LogP) is 4.25. The van der Waals surface area contributed by atoms with Crippen LogP contribution in [-0.4, -0.2) is 75.9 Å². The topological polar surface area (TPSA) is 185 Å². The first-order chi connectivity index (χ1) is 23.5. The number of rotatable bonds is 9. The number of amides is 2. The van der Waals surface area contributed by atoms with E-state index in [0.717, 1.165) is 24.5 Å². The molecule has 7 N–H and O–H groups in total. The van der Waals surface area contributed by atoms with E-state index in [1.54, 1.807) is 4.90 Å². The van der Waals surface area contributed by atoms with E-state index in [0.29, 0.717) is 38.1 Å². The molecule has 2 amide bonds. The summed E-state index contributed by atoms with van der Waals surface area (Å²) in [5.41, 5.74) is 7.44. The maximum Gasteiger partial charge on any atom is 0.420 e. The van der Waals surface area contributed by atoms with Crippen molar-refractivity contribution in [3.8, 4) is 11.5 Å². The fraction of sp³-hybridized carbons (Fsp3) is 0.323. The molecular formula is C31H31F6N9O4. The van der Waals surface area contributed by atoms with Gasteiger partial charge in [0.15, 0.2) is 5.96 Å². The van der Waals surface area contributed by atoms with E-state index in [1.165, 1.54) is 17.0 Å². The van der Waals surface area contributed by atoms with Crippen LogP contribution in [0, 0.1) is 5.41 Å². The van der Waals surface area contributed by atoms with Gasteiger partial charge in [-0.2, -0.15) is 26.3 Å². The van der Waals surface area contributed by atoms with Crippen molar-refractivity contribution in [2.75, 3.05) is 36.8 Å². The monoisotopic (exact) mass is 707 g/mol. The Morgan fingerprint density at radius 2 is 1.22 bits per heavy atom. The van der Waals surface area contributed by atoms with Gasteiger partial charge in [-0.25, -0.2) is 9.97 Å². The molecule has 0 unspecified atom stereocenters. The summed E-state index contributed by atoms with van der Waals surface area (Å²) < 4.78 is 94.8. The normalized spacial score (nSPS) is 17.7. The zero-order chi connectivity index (χ0) is 36.4. The number of benzene rings is 2. The molecule has 5 rings (SSSR count). The average molecular weight is 708 g/mol. The Morgan fingerprint density at radius 3 is 1.60 bits per heavy atom. The van der Waals surface area contributed by atoms with Gasteiger partial charge in [0.2, 0.25) is 0 Å². The van der Waals surface area contributed by atoms with Crippen molar-refractivity contribution >= 4 is 29.1 Å². The largest absolute Gasteiger partial charge is 0.488 e. The molecule has 50 heavy (non-hydrogen) atoms. The Kier molecular flexibility index (Phi) is 9.96. The Morgan fingerprint density at radius 1 is 0.780 bits per heavy atom. The van der Waals surface area contributed by atoms with Gasteiger partial charge in [-0.1, -0.05) is 6.58 Å². The van der Waals surface area contributed by atoms with Crippen LogP contribution in [0.1, 0.15) is 44.9 Å². The van der Waals surface area contributed by atoms with Gasteiger partial charge in [0, 0.05) is 43.4 Å². The molecule has 2 aliphatic heterocycles. The van der Waals surface area contributed by atoms with E-state index in [4.69, 9.17) is 26.4 Å². The summed E-state index contributed by atoms with van der Waals surface area (Å²) in [4.78, 5) is 36.5. The van der Waals surface area contributed by atoms with Gasteiger partial charge < -0.3 is 41.4 Å². The predicted molar refractivity (Wildman–Crippen MR) is 167 cm³/mol. The number of hydrogen-bond donors (Lipinski definition) is 5. The molecule has 0 aliphatic carbocycles. The van der Waals surface area contributed by atoms with Crippen LogP contribution in [0.25, 0.3) is 0 Å². The molecule has 2 aliphatic rings. The molecule has 0 spiro atoms. The number of anilines is 2. The minimum absolute atomic E-state index is 0.129. The van der Waals surface area contributed by atoms with Gasteiger partial charge in [-0.15, -0.1) is 0 Å². The number of nitrogens with zero attached hydrogens (tertiary/aromatic N) is 4. The number of alkyl halides is 6. The number of hydrogen-bond acceptors (Lipinski definition) is 9. The summed E-state index contributed by atoms with van der Waals surface area (Å²) in [6.07, 6.45) is -9.33. The molecule has 19 heteroatoms. The fourth-order valence-electron chi connectivity index (χ4n) is 5.35. The number of likely N-dealkylation sites (tertiary alicyclic amines) is 2. The van der Waals surface area contributed by atoms with Gasteiger partial charge in [0.25, 0.3) is 11.8 Å². The van der Waals surface area contributed by atoms with Gasteiger partial charge in [0.05, 0.1) is 30.0 Å². The van der Waals surface area contributed by atoms with Gasteiger partial charge >= 0.3 is 12.4 Å². The van der Waals surface area contributed by atoms with Crippen molar-refractivity contribution in [1.82, 2.24) is 19.8 Å². The second-order valence-corrected chi connectivity index (χ2v) is 11.4. The molecule has 3 heterocycles. The molecular weight excluding hydrogens is 676 g/mol. The van der Waals surface area contributed by atoms with E-state index < -0.39 is 70.4 Å². The summed E-state index contributed by atoms with van der Waals surface area (Å²) in [7, 11) is 0. The van der Waals surface area contributed by atoms with E-state index in [2.05, 4.69) is 27.2 Å². The first kappa shape index (κ1) is 35.6. The highest BCUT2D eigenvalue weighted by atomic mass is 19.4. The zero-order valence-corrected chi connectivity index (χ0v) is 26.1. The summed E-state index contributed by atoms with van der Waals surface area (Å²) in [5, 5.41) is 12.0. The van der Waals surface area contributed by atoms with Crippen LogP contribution in [0.3, 0.4) is 0 Å². The Labute approximate surface area is 280 Å². The number of ether oxygens (including phenoxy) is 2. The number of carbonyl (C=O) groups excluding carboxylic acids is 2. The molecule has 13 nitrogen and oxygen atoms in total. The first-order valence-corrected chi connectivity index (χ1v) is 15.0. The van der Waals surface area contributed by atoms with E-state index in [9.17, 15) is 35.9 Å². The highest BCUT2D eigenvalue weighted by Crippen LogP contribution is 2.40. The average Bonchev–Trinajstić information content (AvgIpc) is 3.72. The van der Waals surface area contributed by atoms with Crippen molar-refractivity contribution < 1.29 is 45.4 Å². The van der Waals surface area contributed by atoms with Gasteiger partial charge in [-0.05, 0) is 36.4 Å². The lowest BCUT2D eigenvalue weighted by Crippen LogP contribution is -2.35. The van der Waals surface area contributed by atoms with Gasteiger partial charge in [0.1, 0.15) is 41.4 Å². The molecule has 1 aromatic heterocycles. The minimum Gasteiger partial charge on any atom is -0.488 e. The van der Waals surface area contributed by atoms with Crippen molar-refractivity contribution in [3.63, 3.8) is 0 Å². The third-order valence-electron chi connectivity index (χ3n) is 7.84. The highest BCUT2D eigenvalue weighted by molar-refractivity contribution is 6.07. The fourth-order valence-corrected chi connectivity index (χ4v) is 5.35. The summed E-state index contributed by atoms with van der Waals surface area (Å²) >= 11 is 0. The SMILES string of the molecule is C=C(N)N1CC[C@@H](Oc2ccc(NC(=O)c3cc(C(=O)Nc4ccc(O[C@@H]5CCN(C(=N)N)C5)c(C(F)(F)F)c4)ncn3)cc2C(F)(F)F)C1. The lowest BCUT2D eigenvalue weighted by Gasteiger charge is -2.20. The Balaban J connectivity index is 1.27. The lowest BCUT2D eigenvalue weighted by atomic mass is 10.1. The smallest absolute Gasteiger partial charge is 0.420 e. The van der Waals surface area contributed by atoms with Crippen LogP contribution in [0.2, 0.25) is 0 Å². The second kappa shape index (κ2) is 14.0. The molecule has 2 atom stereocenters. The molecule has 2 fully saturated rings. The third-order valence-corrected chi connectivity index (χ3v) is 7.84. The van der Waals surface area contributed by atoms with Crippen LogP contribution in [-0.2, 0) is 12.4 Å². The van der Waals surface area contributed by atoms with Crippen LogP contribution < -0.4 is 31.6 Å². The summed E-state index contributed by atoms with van der Waals surface area (Å²) in [6.45, 7) is 4.80. The number of nitrogens with two attached hydrogens (primary N) is 2. The van der Waals surface area contributed by atoms with Crippen LogP contribution >= 0.6 is 0 Å². The van der Waals surface area contributed by atoms with Crippen LogP contribution in [0.5, 0.6) is 11.5 Å². The molecule has 0 saturated carbocycles. The molecule has 3 aromatic rings. The maximum atomic E-state index is 13.9. The molecule has 0 radical (unpaired) electrons. The van der Waals surface area contributed by atoms with Crippen molar-refractivity contribution in [2.24, 2.45) is 11.5 Å². The van der Waals surface area contributed by atoms with Crippen LogP contribution in [0.4, 0.5) is 37.7 Å². The lowest BCUT2D eigenvalue weighted by molar-refractivity contribution is -0.140. The Bertz CT molecular complexity index is 1680. The number of nitrogens with one attached hydrogen (secondary N) is 3. The number of aromatic nitrogens is 2. The van der Waals surface area contributed by atoms with Crippen LogP contribution in [0.15, 0.2) is 61.2 Å². The standard InChI is InChI=1S/C31H31F6N9O4/c1-16(38)45-8-6-19(13-45)49-25-4-2-17(10-21(25)30(32,33)34)43-27(47)23-12-24(42-15-41-23)28(48)44-18-3-5-26(22(11-18)31(35,36)37)50-20-7-9-46(14-20)29(39)40/h2-5,10-12,15,19-20H,1,6-9,13-14,38H2,(H3,39,40)(H,43,47)(H,44,48)/t19-,20-/m1/s1. The van der Waals surface area contributed by atoms with Crippen molar-refractivity contribution in [1.29, 1.82) is 5.41 Å². The van der Waals surface area contributed by atoms with Crippen molar-refractivity contribution in [2.45, 2.75) is 37.4 Å². The quantitative estimate of drug-likeness (QED) is 0.122. The summed E-state index contributed by atoms with van der Waals surface area (Å²) in [5.74, 6) is -2.87. The molecule has 0 bridgehead atoms. The number of guanidine groups is 1. The third kappa shape index (κ3) is 8.45. The van der Waals surface area contributed by atoms with E-state index >= 15 is 0 Å². The maximum absolute atomic E-state index is 13.9. The number of halogens is 6. The minimum atomic E-state index is -4.86. The molecule has 2 saturated heterocycles. The zero-order valence-electron chi connectivity index (χ0n) is 26.1. The van der Waals surface area contributed by atoms with E-state index in [1.807, 2.05) is 0 Å². The second-order valence-electron chi connectivity index (χ2n) is 11.4. The Hall–Kier alpha value is -5.75.